The summed E-state index contributed by atoms with van der Waals surface area (Å²) in [5.41, 5.74) is 0.977. The van der Waals surface area contributed by atoms with Crippen LogP contribution in [0, 0.1) is 0 Å². The van der Waals surface area contributed by atoms with Crippen LogP contribution in [0.15, 0.2) is 22.8 Å². The summed E-state index contributed by atoms with van der Waals surface area (Å²) in [5.74, 6) is 0. The predicted octanol–water partition coefficient (Wildman–Crippen LogP) is 3.79. The van der Waals surface area contributed by atoms with E-state index < -0.39 is 0 Å². The molecular formula is C10H8BrClN2. The monoisotopic (exact) mass is 270 g/mol. The topological polar surface area (TPSA) is 17.8 Å². The fraction of sp³-hybridized carbons (Fsp3) is 0.300. The van der Waals surface area contributed by atoms with E-state index in [9.17, 15) is 0 Å². The number of nitrogens with zero attached hydrogens (tertiary/aromatic N) is 2. The minimum Gasteiger partial charge on any atom is -0.268 e. The molecule has 1 aromatic heterocycles. The average Bonchev–Trinajstić information content (AvgIpc) is 2.93. The highest BCUT2D eigenvalue weighted by Gasteiger charge is 2.24. The van der Waals surface area contributed by atoms with E-state index in [0.29, 0.717) is 6.04 Å². The van der Waals surface area contributed by atoms with Crippen LogP contribution in [0.1, 0.15) is 18.9 Å². The molecule has 0 saturated heterocycles. The number of hydrogen-bond acceptors (Lipinski definition) is 1. The predicted molar refractivity (Wildman–Crippen MR) is 60.7 cm³/mol. The van der Waals surface area contributed by atoms with Gasteiger partial charge in [-0.2, -0.15) is 5.10 Å². The Morgan fingerprint density at radius 3 is 2.93 bits per heavy atom. The second-order valence-corrected chi connectivity index (χ2v) is 4.87. The van der Waals surface area contributed by atoms with Gasteiger partial charge in [0.25, 0.3) is 0 Å². The van der Waals surface area contributed by atoms with Crippen LogP contribution >= 0.6 is 27.5 Å². The van der Waals surface area contributed by atoms with E-state index in [2.05, 4.69) is 21.0 Å². The van der Waals surface area contributed by atoms with Crippen molar-refractivity contribution in [2.45, 2.75) is 18.9 Å². The molecule has 0 unspecified atom stereocenters. The van der Waals surface area contributed by atoms with Gasteiger partial charge in [-0.3, -0.25) is 4.68 Å². The normalized spacial score (nSPS) is 16.4. The van der Waals surface area contributed by atoms with Crippen molar-refractivity contribution in [2.24, 2.45) is 0 Å². The van der Waals surface area contributed by atoms with Crippen molar-refractivity contribution in [2.75, 3.05) is 0 Å². The summed E-state index contributed by atoms with van der Waals surface area (Å²) in [6.45, 7) is 0. The number of benzene rings is 1. The molecule has 0 atom stereocenters. The summed E-state index contributed by atoms with van der Waals surface area (Å²) in [6.07, 6.45) is 4.53. The highest BCUT2D eigenvalue weighted by atomic mass is 79.9. The quantitative estimate of drug-likeness (QED) is 0.771. The lowest BCUT2D eigenvalue weighted by Gasteiger charge is -1.94. The highest BCUT2D eigenvalue weighted by Crippen LogP contribution is 2.37. The first kappa shape index (κ1) is 8.74. The Labute approximate surface area is 95.0 Å². The molecule has 1 heterocycles. The van der Waals surface area contributed by atoms with Crippen molar-refractivity contribution in [3.05, 3.63) is 27.8 Å². The summed E-state index contributed by atoms with van der Waals surface area (Å²) in [4.78, 5) is 0. The van der Waals surface area contributed by atoms with Gasteiger partial charge in [0.15, 0.2) is 0 Å². The van der Waals surface area contributed by atoms with E-state index >= 15 is 0 Å². The Balaban J connectivity index is 2.26. The largest absolute Gasteiger partial charge is 0.268 e. The smallest absolute Gasteiger partial charge is 0.0939 e. The minimum absolute atomic E-state index is 0.609. The molecule has 0 radical (unpaired) electrons. The lowest BCUT2D eigenvalue weighted by molar-refractivity contribution is 0.649. The van der Waals surface area contributed by atoms with E-state index in [1.54, 1.807) is 0 Å². The summed E-state index contributed by atoms with van der Waals surface area (Å²) in [6, 6.07) is 4.54. The Kier molecular flexibility index (Phi) is 1.86. The SMILES string of the molecule is Clc1c(Br)ccc2nn(C3CC3)cc12. The van der Waals surface area contributed by atoms with Crippen molar-refractivity contribution in [3.8, 4) is 0 Å². The van der Waals surface area contributed by atoms with Gasteiger partial charge in [-0.15, -0.1) is 0 Å². The van der Waals surface area contributed by atoms with Crippen molar-refractivity contribution >= 4 is 38.4 Å². The van der Waals surface area contributed by atoms with Crippen LogP contribution in [0.5, 0.6) is 0 Å². The van der Waals surface area contributed by atoms with Gasteiger partial charge < -0.3 is 0 Å². The van der Waals surface area contributed by atoms with Crippen LogP contribution in [-0.2, 0) is 0 Å². The summed E-state index contributed by atoms with van der Waals surface area (Å²) >= 11 is 9.57. The van der Waals surface area contributed by atoms with Gasteiger partial charge in [0.05, 0.1) is 16.6 Å². The third-order valence-electron chi connectivity index (χ3n) is 2.52. The second kappa shape index (κ2) is 2.97. The van der Waals surface area contributed by atoms with E-state index in [-0.39, 0.29) is 0 Å². The number of hydrogen-bond donors (Lipinski definition) is 0. The molecule has 0 spiro atoms. The van der Waals surface area contributed by atoms with E-state index in [0.717, 1.165) is 20.4 Å². The molecule has 1 aliphatic carbocycles. The number of aromatic nitrogens is 2. The third kappa shape index (κ3) is 1.27. The molecule has 0 N–H and O–H groups in total. The Morgan fingerprint density at radius 1 is 1.43 bits per heavy atom. The van der Waals surface area contributed by atoms with E-state index in [4.69, 9.17) is 11.6 Å². The van der Waals surface area contributed by atoms with Crippen LogP contribution in [0.4, 0.5) is 0 Å². The number of rotatable bonds is 1. The average molecular weight is 272 g/mol. The van der Waals surface area contributed by atoms with Crippen molar-refractivity contribution in [1.29, 1.82) is 0 Å². The van der Waals surface area contributed by atoms with Crippen molar-refractivity contribution in [1.82, 2.24) is 9.78 Å². The molecule has 2 aromatic rings. The molecule has 0 amide bonds. The highest BCUT2D eigenvalue weighted by molar-refractivity contribution is 9.10. The molecule has 4 heteroatoms. The zero-order valence-electron chi connectivity index (χ0n) is 7.37. The van der Waals surface area contributed by atoms with Gasteiger partial charge in [-0.25, -0.2) is 0 Å². The zero-order valence-corrected chi connectivity index (χ0v) is 9.72. The van der Waals surface area contributed by atoms with Gasteiger partial charge in [0.1, 0.15) is 0 Å². The molecule has 0 aliphatic heterocycles. The van der Waals surface area contributed by atoms with Crippen molar-refractivity contribution in [3.63, 3.8) is 0 Å². The fourth-order valence-electron chi connectivity index (χ4n) is 1.58. The Hall–Kier alpha value is -0.540. The lowest BCUT2D eigenvalue weighted by Crippen LogP contribution is -1.92. The summed E-state index contributed by atoms with van der Waals surface area (Å²) < 4.78 is 2.96. The lowest BCUT2D eigenvalue weighted by atomic mass is 10.3. The molecule has 72 valence electrons. The molecule has 3 rings (SSSR count). The zero-order chi connectivity index (χ0) is 9.71. The maximum Gasteiger partial charge on any atom is 0.0939 e. The first-order valence-corrected chi connectivity index (χ1v) is 5.75. The summed E-state index contributed by atoms with van der Waals surface area (Å²) in [5, 5.41) is 6.28. The van der Waals surface area contributed by atoms with E-state index in [1.807, 2.05) is 23.0 Å². The standard InChI is InChI=1S/C10H8BrClN2/c11-8-3-4-9-7(10(8)12)5-14(13-9)6-1-2-6/h3-6H,1-2H2. The van der Waals surface area contributed by atoms with Gasteiger partial charge in [0.2, 0.25) is 0 Å². The molecular weight excluding hydrogens is 263 g/mol. The molecule has 1 aliphatic rings. The van der Waals surface area contributed by atoms with Gasteiger partial charge in [-0.1, -0.05) is 11.6 Å². The maximum atomic E-state index is 6.16. The van der Waals surface area contributed by atoms with E-state index in [1.165, 1.54) is 12.8 Å². The molecule has 14 heavy (non-hydrogen) atoms. The fourth-order valence-corrected chi connectivity index (χ4v) is 2.13. The minimum atomic E-state index is 0.609. The first-order valence-electron chi connectivity index (χ1n) is 4.58. The van der Waals surface area contributed by atoms with Gasteiger partial charge >= 0.3 is 0 Å². The Morgan fingerprint density at radius 2 is 2.21 bits per heavy atom. The summed E-state index contributed by atoms with van der Waals surface area (Å²) in [7, 11) is 0. The third-order valence-corrected chi connectivity index (χ3v) is 3.81. The van der Waals surface area contributed by atoms with Crippen LogP contribution in [-0.4, -0.2) is 9.78 Å². The second-order valence-electron chi connectivity index (χ2n) is 3.63. The maximum absolute atomic E-state index is 6.16. The van der Waals surface area contributed by atoms with Gasteiger partial charge in [-0.05, 0) is 40.9 Å². The van der Waals surface area contributed by atoms with Crippen LogP contribution < -0.4 is 0 Å². The van der Waals surface area contributed by atoms with Crippen LogP contribution in [0.25, 0.3) is 10.9 Å². The first-order chi connectivity index (χ1) is 6.75. The van der Waals surface area contributed by atoms with Gasteiger partial charge in [0, 0.05) is 16.1 Å². The van der Waals surface area contributed by atoms with Crippen LogP contribution in [0.3, 0.4) is 0 Å². The molecule has 0 bridgehead atoms. The Bertz CT molecular complexity index is 502. The number of fused-ring (bicyclic) bond motifs is 1. The number of halogens is 2. The molecule has 1 saturated carbocycles. The molecule has 1 aromatic carbocycles. The molecule has 2 nitrogen and oxygen atoms in total. The van der Waals surface area contributed by atoms with Crippen LogP contribution in [0.2, 0.25) is 5.02 Å². The molecule has 1 fully saturated rings. The van der Waals surface area contributed by atoms with Crippen molar-refractivity contribution < 1.29 is 0 Å².